The Kier molecular flexibility index (Phi) is 11.3. The summed E-state index contributed by atoms with van der Waals surface area (Å²) in [7, 11) is 0. The number of ether oxygens (including phenoxy) is 1. The Hall–Kier alpha value is -5.30. The van der Waals surface area contributed by atoms with Crippen molar-refractivity contribution in [1.29, 1.82) is 5.26 Å². The van der Waals surface area contributed by atoms with E-state index < -0.39 is 24.1 Å². The lowest BCUT2D eigenvalue weighted by atomic mass is 9.93. The first kappa shape index (κ1) is 38.6. The molecule has 5 heterocycles. The fraction of sp³-hybridized carbons (Fsp3) is 0.488. The second-order valence-corrected chi connectivity index (χ2v) is 16.0. The SMILES string of the molecule is N#Cc1ccc(OC2CCC(NC(=O)c3ccc(N4CCC(CN5CCN(c6ccc7c(c6)C(=O)N(C6CCC(=O)NC6O)C7=O)CC5)CC4)nn3)CC2)cc1Cl. The van der Waals surface area contributed by atoms with E-state index in [-0.39, 0.29) is 36.8 Å². The Labute approximate surface area is 335 Å². The minimum Gasteiger partial charge on any atom is -0.490 e. The van der Waals surface area contributed by atoms with Crippen molar-refractivity contribution < 1.29 is 29.0 Å². The molecule has 0 bridgehead atoms. The number of amides is 4. The van der Waals surface area contributed by atoms with E-state index >= 15 is 0 Å². The molecule has 5 aliphatic rings. The molecule has 298 valence electrons. The van der Waals surface area contributed by atoms with Gasteiger partial charge in [0.15, 0.2) is 11.5 Å². The molecule has 1 saturated carbocycles. The Balaban J connectivity index is 0.752. The zero-order chi connectivity index (χ0) is 39.6. The Morgan fingerprint density at radius 2 is 1.63 bits per heavy atom. The highest BCUT2D eigenvalue weighted by Crippen LogP contribution is 2.33. The van der Waals surface area contributed by atoms with Gasteiger partial charge in [-0.05, 0) is 93.3 Å². The molecule has 0 spiro atoms. The maximum absolute atomic E-state index is 13.3. The van der Waals surface area contributed by atoms with Crippen LogP contribution in [0.3, 0.4) is 0 Å². The number of aromatic nitrogens is 2. The van der Waals surface area contributed by atoms with Crippen LogP contribution in [0.5, 0.6) is 5.75 Å². The molecule has 3 N–H and O–H groups in total. The number of imide groups is 1. The standard InChI is InChI=1S/C41H46ClN9O6/c42-33-22-30(5-1-26(33)23-43)57-29-6-2-27(3-7-29)44-38(53)34-9-11-36(47-46-34)50-15-13-25(14-16-50)24-48-17-19-49(20-18-48)28-4-8-31-32(21-28)41(56)51(40(31)55)35-10-12-37(52)45-39(35)54/h1,4-5,8-9,11,21-22,25,27,29,35,39,54H,2-3,6-7,10,12-20,24H2,(H,44,53)(H,45,52). The summed E-state index contributed by atoms with van der Waals surface area (Å²) in [5.74, 6) is 0.587. The van der Waals surface area contributed by atoms with Gasteiger partial charge in [-0.15, -0.1) is 10.2 Å². The number of carbonyl (C=O) groups excluding carboxylic acids is 4. The molecular formula is C41H46ClN9O6. The maximum Gasteiger partial charge on any atom is 0.272 e. The summed E-state index contributed by atoms with van der Waals surface area (Å²) >= 11 is 6.14. The van der Waals surface area contributed by atoms with Gasteiger partial charge in [-0.2, -0.15) is 5.26 Å². The van der Waals surface area contributed by atoms with Gasteiger partial charge in [0.1, 0.15) is 18.0 Å². The summed E-state index contributed by atoms with van der Waals surface area (Å²) in [6.07, 6.45) is 4.34. The number of hydrogen-bond donors (Lipinski definition) is 3. The molecule has 4 fully saturated rings. The molecular weight excluding hydrogens is 750 g/mol. The third-order valence-corrected chi connectivity index (χ3v) is 12.3. The average Bonchev–Trinajstić information content (AvgIpc) is 3.47. The highest BCUT2D eigenvalue weighted by atomic mass is 35.5. The average molecular weight is 796 g/mol. The van der Waals surface area contributed by atoms with Crippen molar-refractivity contribution in [2.24, 2.45) is 5.92 Å². The first-order valence-corrected chi connectivity index (χ1v) is 20.2. The van der Waals surface area contributed by atoms with Crippen molar-refractivity contribution in [3.05, 3.63) is 75.9 Å². The second kappa shape index (κ2) is 16.7. The van der Waals surface area contributed by atoms with E-state index in [1.165, 1.54) is 0 Å². The zero-order valence-electron chi connectivity index (χ0n) is 31.6. The van der Waals surface area contributed by atoms with Gasteiger partial charge in [0, 0.05) is 70.0 Å². The van der Waals surface area contributed by atoms with Gasteiger partial charge < -0.3 is 30.3 Å². The van der Waals surface area contributed by atoms with E-state index in [9.17, 15) is 24.3 Å². The van der Waals surface area contributed by atoms with Gasteiger partial charge in [-0.1, -0.05) is 11.6 Å². The topological polar surface area (TPSA) is 184 Å². The van der Waals surface area contributed by atoms with Crippen LogP contribution in [0.25, 0.3) is 0 Å². The summed E-state index contributed by atoms with van der Waals surface area (Å²) in [6, 6.07) is 15.4. The molecule has 1 aromatic heterocycles. The van der Waals surface area contributed by atoms with Crippen molar-refractivity contribution in [2.75, 3.05) is 55.6 Å². The molecule has 3 aromatic rings. The van der Waals surface area contributed by atoms with E-state index in [1.807, 2.05) is 12.1 Å². The second-order valence-electron chi connectivity index (χ2n) is 15.6. The number of aliphatic hydroxyl groups excluding tert-OH is 1. The molecule has 57 heavy (non-hydrogen) atoms. The minimum atomic E-state index is -1.28. The number of rotatable bonds is 9. The highest BCUT2D eigenvalue weighted by molar-refractivity contribution is 6.31. The third kappa shape index (κ3) is 8.39. The van der Waals surface area contributed by atoms with Gasteiger partial charge in [0.25, 0.3) is 17.7 Å². The molecule has 0 radical (unpaired) electrons. The molecule has 4 amide bonds. The van der Waals surface area contributed by atoms with E-state index in [0.29, 0.717) is 39.1 Å². The molecule has 3 saturated heterocycles. The van der Waals surface area contributed by atoms with Crippen LogP contribution >= 0.6 is 11.6 Å². The largest absolute Gasteiger partial charge is 0.490 e. The van der Waals surface area contributed by atoms with Gasteiger partial charge in [-0.25, -0.2) is 0 Å². The van der Waals surface area contributed by atoms with Crippen molar-refractivity contribution in [3.63, 3.8) is 0 Å². The molecule has 2 atom stereocenters. The molecule has 16 heteroatoms. The summed E-state index contributed by atoms with van der Waals surface area (Å²) < 4.78 is 6.08. The number of nitrogens with one attached hydrogen (secondary N) is 2. The van der Waals surface area contributed by atoms with E-state index in [1.54, 1.807) is 36.4 Å². The number of aliphatic hydroxyl groups is 1. The molecule has 15 nitrogen and oxygen atoms in total. The van der Waals surface area contributed by atoms with Gasteiger partial charge in [0.2, 0.25) is 5.91 Å². The number of anilines is 2. The van der Waals surface area contributed by atoms with Crippen molar-refractivity contribution in [3.8, 4) is 11.8 Å². The Morgan fingerprint density at radius 1 is 0.877 bits per heavy atom. The smallest absolute Gasteiger partial charge is 0.272 e. The normalized spacial score (nSPS) is 24.5. The molecule has 4 aliphatic heterocycles. The third-order valence-electron chi connectivity index (χ3n) is 12.0. The van der Waals surface area contributed by atoms with E-state index in [4.69, 9.17) is 21.6 Å². The number of piperidine rings is 2. The van der Waals surface area contributed by atoms with Crippen LogP contribution in [0.2, 0.25) is 5.02 Å². The van der Waals surface area contributed by atoms with Crippen LogP contribution < -0.4 is 25.2 Å². The molecule has 2 unspecified atom stereocenters. The van der Waals surface area contributed by atoms with Crippen LogP contribution in [-0.4, -0.2) is 119 Å². The van der Waals surface area contributed by atoms with Crippen LogP contribution in [0.1, 0.15) is 88.1 Å². The fourth-order valence-corrected chi connectivity index (χ4v) is 8.95. The Morgan fingerprint density at radius 3 is 2.32 bits per heavy atom. The molecule has 1 aliphatic carbocycles. The van der Waals surface area contributed by atoms with Crippen LogP contribution in [0.4, 0.5) is 11.5 Å². The zero-order valence-corrected chi connectivity index (χ0v) is 32.4. The first-order chi connectivity index (χ1) is 27.6. The van der Waals surface area contributed by atoms with Crippen LogP contribution in [-0.2, 0) is 4.79 Å². The lowest BCUT2D eigenvalue weighted by molar-refractivity contribution is -0.129. The molecule has 2 aromatic carbocycles. The summed E-state index contributed by atoms with van der Waals surface area (Å²) in [5.41, 5.74) is 2.28. The Bertz CT molecular complexity index is 2050. The predicted molar refractivity (Wildman–Crippen MR) is 210 cm³/mol. The number of nitriles is 1. The van der Waals surface area contributed by atoms with Crippen LogP contribution in [0, 0.1) is 17.2 Å². The lowest BCUT2D eigenvalue weighted by Crippen LogP contribution is -2.57. The van der Waals surface area contributed by atoms with Crippen molar-refractivity contribution in [2.45, 2.75) is 75.8 Å². The summed E-state index contributed by atoms with van der Waals surface area (Å²) in [4.78, 5) is 59.2. The number of nitrogens with zero attached hydrogens (tertiary/aromatic N) is 7. The number of hydrogen-bond acceptors (Lipinski definition) is 12. The van der Waals surface area contributed by atoms with E-state index in [0.717, 1.165) is 101 Å². The highest BCUT2D eigenvalue weighted by Gasteiger charge is 2.44. The number of benzene rings is 2. The monoisotopic (exact) mass is 795 g/mol. The van der Waals surface area contributed by atoms with E-state index in [2.05, 4.69) is 41.6 Å². The van der Waals surface area contributed by atoms with Crippen molar-refractivity contribution >= 4 is 46.7 Å². The first-order valence-electron chi connectivity index (χ1n) is 19.9. The fourth-order valence-electron chi connectivity index (χ4n) is 8.74. The van der Waals surface area contributed by atoms with Gasteiger partial charge in [-0.3, -0.25) is 29.0 Å². The van der Waals surface area contributed by atoms with Gasteiger partial charge in [0.05, 0.1) is 33.9 Å². The number of carbonyl (C=O) groups is 4. The summed E-state index contributed by atoms with van der Waals surface area (Å²) in [5, 5.41) is 34.1. The van der Waals surface area contributed by atoms with Crippen molar-refractivity contribution in [1.82, 2.24) is 30.6 Å². The van der Waals surface area contributed by atoms with Crippen LogP contribution in [0.15, 0.2) is 48.5 Å². The maximum atomic E-state index is 13.3. The molecule has 8 rings (SSSR count). The number of halogens is 1. The quantitative estimate of drug-likeness (QED) is 0.269. The summed E-state index contributed by atoms with van der Waals surface area (Å²) in [6.45, 7) is 6.14. The lowest BCUT2D eigenvalue weighted by Gasteiger charge is -2.39. The number of fused-ring (bicyclic) bond motifs is 1. The predicted octanol–water partition coefficient (Wildman–Crippen LogP) is 3.35. The number of piperazine rings is 1. The minimum absolute atomic E-state index is 0.0202. The van der Waals surface area contributed by atoms with Gasteiger partial charge >= 0.3 is 0 Å².